The van der Waals surface area contributed by atoms with Crippen LogP contribution in [0.1, 0.15) is 25.8 Å². The first-order valence-corrected chi connectivity index (χ1v) is 6.05. The first-order chi connectivity index (χ1) is 8.65. The van der Waals surface area contributed by atoms with E-state index in [1.165, 1.54) is 5.57 Å². The zero-order valence-corrected chi connectivity index (χ0v) is 11.0. The van der Waals surface area contributed by atoms with E-state index in [-0.39, 0.29) is 0 Å². The highest BCUT2D eigenvalue weighted by atomic mass is 16.5. The molecular formula is C15H18N2O. The van der Waals surface area contributed by atoms with E-state index in [0.717, 1.165) is 28.6 Å². The second-order valence-electron chi connectivity index (χ2n) is 4.36. The Hall–Kier alpha value is -2.03. The summed E-state index contributed by atoms with van der Waals surface area (Å²) in [5, 5.41) is 1.03. The molecule has 1 aromatic carbocycles. The second kappa shape index (κ2) is 5.08. The minimum atomic E-state index is 0.647. The van der Waals surface area contributed by atoms with Crippen LogP contribution in [0.3, 0.4) is 0 Å². The van der Waals surface area contributed by atoms with Crippen molar-refractivity contribution >= 4 is 22.7 Å². The number of nitrogens with zero attached hydrogens (tertiary/aromatic N) is 1. The monoisotopic (exact) mass is 242 g/mol. The Balaban J connectivity index is 2.71. The zero-order valence-electron chi connectivity index (χ0n) is 11.0. The minimum absolute atomic E-state index is 0.647. The molecule has 0 aliphatic rings. The minimum Gasteiger partial charge on any atom is -0.497 e. The largest absolute Gasteiger partial charge is 0.497 e. The Morgan fingerprint density at radius 1 is 1.44 bits per heavy atom. The Morgan fingerprint density at radius 2 is 2.22 bits per heavy atom. The molecule has 2 rings (SSSR count). The van der Waals surface area contributed by atoms with E-state index >= 15 is 0 Å². The number of hydrogen-bond acceptors (Lipinski definition) is 3. The summed E-state index contributed by atoms with van der Waals surface area (Å²) >= 11 is 0. The van der Waals surface area contributed by atoms with Gasteiger partial charge in [0.25, 0.3) is 0 Å². The molecule has 3 heteroatoms. The average molecular weight is 242 g/mol. The highest BCUT2D eigenvalue weighted by Crippen LogP contribution is 2.29. The van der Waals surface area contributed by atoms with Gasteiger partial charge in [-0.3, -0.25) is 4.98 Å². The number of aromatic nitrogens is 1. The van der Waals surface area contributed by atoms with Gasteiger partial charge in [0.1, 0.15) is 5.75 Å². The number of benzene rings is 1. The molecule has 0 spiro atoms. The molecule has 0 atom stereocenters. The number of allylic oxidation sites excluding steroid dienone is 1. The predicted molar refractivity (Wildman–Crippen MR) is 76.6 cm³/mol. The van der Waals surface area contributed by atoms with Crippen molar-refractivity contribution in [2.24, 2.45) is 0 Å². The molecule has 0 radical (unpaired) electrons. The van der Waals surface area contributed by atoms with Gasteiger partial charge in [-0.2, -0.15) is 0 Å². The van der Waals surface area contributed by atoms with Gasteiger partial charge in [0.2, 0.25) is 0 Å². The molecule has 94 valence electrons. The van der Waals surface area contributed by atoms with E-state index < -0.39 is 0 Å². The zero-order chi connectivity index (χ0) is 13.1. The van der Waals surface area contributed by atoms with Crippen LogP contribution < -0.4 is 10.5 Å². The molecule has 0 bridgehead atoms. The van der Waals surface area contributed by atoms with Crippen LogP contribution in [0.15, 0.2) is 30.0 Å². The van der Waals surface area contributed by atoms with Crippen molar-refractivity contribution in [2.45, 2.75) is 20.3 Å². The van der Waals surface area contributed by atoms with Crippen LogP contribution in [0.4, 0.5) is 5.69 Å². The van der Waals surface area contributed by atoms with Crippen LogP contribution in [0.5, 0.6) is 5.75 Å². The van der Waals surface area contributed by atoms with E-state index in [4.69, 9.17) is 10.5 Å². The van der Waals surface area contributed by atoms with Gasteiger partial charge in [-0.05, 0) is 31.0 Å². The second-order valence-corrected chi connectivity index (χ2v) is 4.36. The van der Waals surface area contributed by atoms with Crippen molar-refractivity contribution in [2.75, 3.05) is 12.8 Å². The van der Waals surface area contributed by atoms with Crippen molar-refractivity contribution in [1.29, 1.82) is 0 Å². The van der Waals surface area contributed by atoms with Gasteiger partial charge in [0, 0.05) is 17.6 Å². The van der Waals surface area contributed by atoms with E-state index in [1.54, 1.807) is 19.4 Å². The Bertz CT molecular complexity index is 603. The number of nitrogen functional groups attached to an aromatic ring is 1. The first kappa shape index (κ1) is 12.4. The highest BCUT2D eigenvalue weighted by molar-refractivity contribution is 5.96. The Labute approximate surface area is 107 Å². The number of pyridine rings is 1. The van der Waals surface area contributed by atoms with Gasteiger partial charge in [0.05, 0.1) is 18.3 Å². The number of anilines is 1. The number of hydrogen-bond donors (Lipinski definition) is 1. The molecule has 0 fully saturated rings. The lowest BCUT2D eigenvalue weighted by Gasteiger charge is -2.08. The van der Waals surface area contributed by atoms with Gasteiger partial charge in [-0.1, -0.05) is 18.6 Å². The van der Waals surface area contributed by atoms with Crippen molar-refractivity contribution < 1.29 is 4.74 Å². The smallest absolute Gasteiger partial charge is 0.121 e. The van der Waals surface area contributed by atoms with Crippen LogP contribution in [-0.2, 0) is 0 Å². The molecule has 18 heavy (non-hydrogen) atoms. The molecule has 2 aromatic rings. The van der Waals surface area contributed by atoms with Crippen molar-refractivity contribution in [3.63, 3.8) is 0 Å². The lowest BCUT2D eigenvalue weighted by atomic mass is 10.0. The van der Waals surface area contributed by atoms with Gasteiger partial charge in [-0.15, -0.1) is 0 Å². The standard InChI is InChI=1S/C15H18N2O/c1-4-10(2)7-11-5-6-17-15-13(11)8-12(18-3)9-14(15)16/h5-9H,4,16H2,1-3H3/b10-7+. The number of fused-ring (bicyclic) bond motifs is 1. The first-order valence-electron chi connectivity index (χ1n) is 6.05. The Morgan fingerprint density at radius 3 is 2.89 bits per heavy atom. The maximum Gasteiger partial charge on any atom is 0.121 e. The normalized spacial score (nSPS) is 11.8. The number of rotatable bonds is 3. The van der Waals surface area contributed by atoms with Crippen molar-refractivity contribution in [1.82, 2.24) is 4.98 Å². The molecule has 1 aromatic heterocycles. The quantitative estimate of drug-likeness (QED) is 0.836. The number of methoxy groups -OCH3 is 1. The third-order valence-corrected chi connectivity index (χ3v) is 3.08. The van der Waals surface area contributed by atoms with E-state index in [9.17, 15) is 0 Å². The topological polar surface area (TPSA) is 48.1 Å². The van der Waals surface area contributed by atoms with Crippen LogP contribution in [0.2, 0.25) is 0 Å². The molecule has 3 nitrogen and oxygen atoms in total. The van der Waals surface area contributed by atoms with Crippen LogP contribution in [0, 0.1) is 0 Å². The molecule has 0 unspecified atom stereocenters. The highest BCUT2D eigenvalue weighted by Gasteiger charge is 2.06. The van der Waals surface area contributed by atoms with Crippen molar-refractivity contribution in [3.05, 3.63) is 35.5 Å². The molecule has 0 aliphatic heterocycles. The van der Waals surface area contributed by atoms with Gasteiger partial charge >= 0.3 is 0 Å². The fourth-order valence-electron chi connectivity index (χ4n) is 1.89. The predicted octanol–water partition coefficient (Wildman–Crippen LogP) is 3.64. The number of nitrogens with two attached hydrogens (primary N) is 1. The molecule has 0 saturated heterocycles. The summed E-state index contributed by atoms with van der Waals surface area (Å²) in [5.41, 5.74) is 9.93. The summed E-state index contributed by atoms with van der Waals surface area (Å²) in [6.07, 6.45) is 4.99. The van der Waals surface area contributed by atoms with E-state index in [1.807, 2.05) is 12.1 Å². The molecule has 2 N–H and O–H groups in total. The van der Waals surface area contributed by atoms with Gasteiger partial charge in [-0.25, -0.2) is 0 Å². The summed E-state index contributed by atoms with van der Waals surface area (Å²) in [6, 6.07) is 5.78. The molecule has 0 aliphatic carbocycles. The van der Waals surface area contributed by atoms with E-state index in [2.05, 4.69) is 24.9 Å². The lowest BCUT2D eigenvalue weighted by molar-refractivity contribution is 0.415. The number of ether oxygens (including phenoxy) is 1. The maximum absolute atomic E-state index is 6.00. The fraction of sp³-hybridized carbons (Fsp3) is 0.267. The van der Waals surface area contributed by atoms with Crippen LogP contribution >= 0.6 is 0 Å². The summed E-state index contributed by atoms with van der Waals surface area (Å²) in [7, 11) is 1.64. The molecule has 0 amide bonds. The third kappa shape index (κ3) is 2.30. The molecule has 0 saturated carbocycles. The summed E-state index contributed by atoms with van der Waals surface area (Å²) in [5.74, 6) is 0.761. The van der Waals surface area contributed by atoms with Gasteiger partial charge in [0.15, 0.2) is 0 Å². The lowest BCUT2D eigenvalue weighted by Crippen LogP contribution is -1.93. The summed E-state index contributed by atoms with van der Waals surface area (Å²) in [4.78, 5) is 4.34. The average Bonchev–Trinajstić information content (AvgIpc) is 2.39. The Kier molecular flexibility index (Phi) is 3.51. The SMILES string of the molecule is CC/C(C)=C/c1ccnc2c(N)cc(OC)cc12. The van der Waals surface area contributed by atoms with Crippen LogP contribution in [-0.4, -0.2) is 12.1 Å². The summed E-state index contributed by atoms with van der Waals surface area (Å²) < 4.78 is 5.26. The summed E-state index contributed by atoms with van der Waals surface area (Å²) in [6.45, 7) is 4.26. The van der Waals surface area contributed by atoms with Crippen LogP contribution in [0.25, 0.3) is 17.0 Å². The molecule has 1 heterocycles. The fourth-order valence-corrected chi connectivity index (χ4v) is 1.89. The van der Waals surface area contributed by atoms with Gasteiger partial charge < -0.3 is 10.5 Å². The molecular weight excluding hydrogens is 224 g/mol. The van der Waals surface area contributed by atoms with E-state index in [0.29, 0.717) is 5.69 Å². The van der Waals surface area contributed by atoms with Crippen molar-refractivity contribution in [3.8, 4) is 5.75 Å². The third-order valence-electron chi connectivity index (χ3n) is 3.08. The maximum atomic E-state index is 6.00.